The lowest BCUT2D eigenvalue weighted by molar-refractivity contribution is 0.223. The Morgan fingerprint density at radius 2 is 1.71 bits per heavy atom. The number of methoxy groups -OCH3 is 2. The lowest BCUT2D eigenvalue weighted by atomic mass is 9.84. The van der Waals surface area contributed by atoms with Gasteiger partial charge in [0.25, 0.3) is 0 Å². The number of nitrogens with zero attached hydrogens (tertiary/aromatic N) is 3. The van der Waals surface area contributed by atoms with Crippen molar-refractivity contribution in [2.75, 3.05) is 25.8 Å². The van der Waals surface area contributed by atoms with Crippen LogP contribution in [0.25, 0.3) is 5.70 Å². The van der Waals surface area contributed by atoms with Crippen molar-refractivity contribution in [1.82, 2.24) is 14.8 Å². The SMILES string of the molecule is COc1ccc([C@@H]2C3=C(Nc4ncnn42)c2ccccc2O[C@H]3c2ccc(SC)cc2)cc1OC. The fourth-order valence-corrected chi connectivity index (χ4v) is 5.22. The molecule has 2 aliphatic heterocycles. The number of nitrogens with one attached hydrogen (secondary N) is 1. The minimum absolute atomic E-state index is 0.262. The molecule has 0 saturated heterocycles. The van der Waals surface area contributed by atoms with Crippen LogP contribution in [0.4, 0.5) is 5.95 Å². The first-order valence-corrected chi connectivity index (χ1v) is 12.5. The molecule has 2 aliphatic rings. The molecule has 0 unspecified atom stereocenters. The van der Waals surface area contributed by atoms with Crippen molar-refractivity contribution in [3.63, 3.8) is 0 Å². The van der Waals surface area contributed by atoms with Crippen molar-refractivity contribution in [2.24, 2.45) is 0 Å². The normalized spacial score (nSPS) is 18.0. The Morgan fingerprint density at radius 3 is 2.49 bits per heavy atom. The molecule has 0 aliphatic carbocycles. The van der Waals surface area contributed by atoms with Crippen LogP contribution in [0.2, 0.25) is 0 Å². The minimum Gasteiger partial charge on any atom is -0.493 e. The van der Waals surface area contributed by atoms with E-state index < -0.39 is 0 Å². The zero-order valence-electron chi connectivity index (χ0n) is 19.6. The highest BCUT2D eigenvalue weighted by Crippen LogP contribution is 2.51. The zero-order chi connectivity index (χ0) is 23.9. The van der Waals surface area contributed by atoms with E-state index in [9.17, 15) is 0 Å². The first-order valence-electron chi connectivity index (χ1n) is 11.2. The Labute approximate surface area is 207 Å². The standard InChI is InChI=1S/C27H24N4O3S/c1-32-21-13-10-17(14-22(21)33-2)25-23-24(30-27-28-15-29-31(25)27)19-6-4-5-7-20(19)34-26(23)16-8-11-18(35-3)12-9-16/h4-15,25-26H,1-3H3,(H,28,29,30)/t25-,26+/m1/s1. The number of anilines is 1. The lowest BCUT2D eigenvalue weighted by Gasteiger charge is -2.39. The van der Waals surface area contributed by atoms with E-state index in [1.165, 1.54) is 4.90 Å². The second kappa shape index (κ2) is 8.70. The third-order valence-electron chi connectivity index (χ3n) is 6.46. The fraction of sp³-hybridized carbons (Fsp3) is 0.185. The molecule has 2 atom stereocenters. The largest absolute Gasteiger partial charge is 0.493 e. The second-order valence-corrected chi connectivity index (χ2v) is 9.15. The highest BCUT2D eigenvalue weighted by Gasteiger charge is 2.41. The van der Waals surface area contributed by atoms with Gasteiger partial charge in [-0.2, -0.15) is 10.1 Å². The molecule has 0 spiro atoms. The van der Waals surface area contributed by atoms with Crippen LogP contribution >= 0.6 is 11.8 Å². The van der Waals surface area contributed by atoms with Crippen molar-refractivity contribution in [3.8, 4) is 17.2 Å². The summed E-state index contributed by atoms with van der Waals surface area (Å²) in [7, 11) is 3.28. The molecule has 8 heteroatoms. The van der Waals surface area contributed by atoms with E-state index in [4.69, 9.17) is 14.2 Å². The number of hydrogen-bond acceptors (Lipinski definition) is 7. The van der Waals surface area contributed by atoms with Gasteiger partial charge in [0.1, 0.15) is 24.2 Å². The number of rotatable bonds is 5. The summed E-state index contributed by atoms with van der Waals surface area (Å²) in [5.74, 6) is 2.84. The van der Waals surface area contributed by atoms with Crippen LogP contribution in [0.5, 0.6) is 17.2 Å². The van der Waals surface area contributed by atoms with Crippen LogP contribution in [0.1, 0.15) is 28.8 Å². The van der Waals surface area contributed by atoms with Gasteiger partial charge >= 0.3 is 0 Å². The van der Waals surface area contributed by atoms with Gasteiger partial charge in [-0.3, -0.25) is 0 Å². The third-order valence-corrected chi connectivity index (χ3v) is 7.21. The van der Waals surface area contributed by atoms with Gasteiger partial charge in [0.15, 0.2) is 11.5 Å². The number of thioether (sulfide) groups is 1. The maximum absolute atomic E-state index is 6.68. The monoisotopic (exact) mass is 484 g/mol. The molecule has 1 aromatic heterocycles. The van der Waals surface area contributed by atoms with Crippen molar-refractivity contribution in [2.45, 2.75) is 17.0 Å². The van der Waals surface area contributed by atoms with Gasteiger partial charge in [0.2, 0.25) is 5.95 Å². The van der Waals surface area contributed by atoms with E-state index in [0.717, 1.165) is 33.7 Å². The molecule has 3 heterocycles. The van der Waals surface area contributed by atoms with Crippen LogP contribution < -0.4 is 19.5 Å². The molecule has 0 radical (unpaired) electrons. The average Bonchev–Trinajstić information content (AvgIpc) is 3.39. The molecule has 0 bridgehead atoms. The Hall–Kier alpha value is -3.91. The lowest BCUT2D eigenvalue weighted by Crippen LogP contribution is -2.32. The van der Waals surface area contributed by atoms with E-state index in [1.807, 2.05) is 41.1 Å². The highest BCUT2D eigenvalue weighted by molar-refractivity contribution is 7.98. The second-order valence-electron chi connectivity index (χ2n) is 8.27. The van der Waals surface area contributed by atoms with Crippen molar-refractivity contribution < 1.29 is 14.2 Å². The summed E-state index contributed by atoms with van der Waals surface area (Å²) in [6.45, 7) is 0. The van der Waals surface area contributed by atoms with Crippen LogP contribution in [0, 0.1) is 0 Å². The Morgan fingerprint density at radius 1 is 0.943 bits per heavy atom. The van der Waals surface area contributed by atoms with Crippen LogP contribution in [0.3, 0.4) is 0 Å². The third kappa shape index (κ3) is 3.52. The van der Waals surface area contributed by atoms with Gasteiger partial charge in [-0.25, -0.2) is 4.68 Å². The molecule has 0 saturated carbocycles. The van der Waals surface area contributed by atoms with Crippen molar-refractivity contribution >= 4 is 23.4 Å². The predicted molar refractivity (Wildman–Crippen MR) is 136 cm³/mol. The molecule has 7 nitrogen and oxygen atoms in total. The average molecular weight is 485 g/mol. The summed E-state index contributed by atoms with van der Waals surface area (Å²) in [5.41, 5.74) is 5.12. The molecule has 176 valence electrons. The summed E-state index contributed by atoms with van der Waals surface area (Å²) >= 11 is 1.72. The maximum atomic E-state index is 6.68. The molecular weight excluding hydrogens is 460 g/mol. The van der Waals surface area contributed by atoms with Crippen LogP contribution in [-0.2, 0) is 0 Å². The first kappa shape index (κ1) is 21.6. The number of hydrogen-bond donors (Lipinski definition) is 1. The summed E-state index contributed by atoms with van der Waals surface area (Å²) in [4.78, 5) is 5.70. The molecule has 0 fully saturated rings. The molecule has 35 heavy (non-hydrogen) atoms. The smallest absolute Gasteiger partial charge is 0.226 e. The van der Waals surface area contributed by atoms with E-state index in [-0.39, 0.29) is 12.1 Å². The van der Waals surface area contributed by atoms with Gasteiger partial charge in [-0.05, 0) is 53.8 Å². The van der Waals surface area contributed by atoms with Gasteiger partial charge in [-0.1, -0.05) is 30.3 Å². The number of aromatic nitrogens is 3. The Balaban J connectivity index is 1.59. The number of para-hydroxylation sites is 1. The number of ether oxygens (including phenoxy) is 3. The van der Waals surface area contributed by atoms with E-state index >= 15 is 0 Å². The first-order chi connectivity index (χ1) is 17.2. The van der Waals surface area contributed by atoms with Gasteiger partial charge in [0, 0.05) is 16.0 Å². The quantitative estimate of drug-likeness (QED) is 0.371. The fourth-order valence-electron chi connectivity index (χ4n) is 4.81. The molecule has 3 aromatic carbocycles. The highest BCUT2D eigenvalue weighted by atomic mass is 32.2. The van der Waals surface area contributed by atoms with Crippen LogP contribution in [-0.4, -0.2) is 35.2 Å². The molecular formula is C27H24N4O3S. The van der Waals surface area contributed by atoms with E-state index in [1.54, 1.807) is 32.3 Å². The van der Waals surface area contributed by atoms with Crippen LogP contribution in [0.15, 0.2) is 83.5 Å². The maximum Gasteiger partial charge on any atom is 0.226 e. The van der Waals surface area contributed by atoms with Crippen molar-refractivity contribution in [1.29, 1.82) is 0 Å². The topological polar surface area (TPSA) is 70.4 Å². The zero-order valence-corrected chi connectivity index (χ0v) is 20.4. The van der Waals surface area contributed by atoms with E-state index in [0.29, 0.717) is 17.4 Å². The Kier molecular flexibility index (Phi) is 5.37. The van der Waals surface area contributed by atoms with E-state index in [2.05, 4.69) is 52.0 Å². The predicted octanol–water partition coefficient (Wildman–Crippen LogP) is 5.58. The molecule has 4 aromatic rings. The van der Waals surface area contributed by atoms with Crippen molar-refractivity contribution in [3.05, 3.63) is 95.3 Å². The summed E-state index contributed by atoms with van der Waals surface area (Å²) in [6, 6.07) is 22.3. The summed E-state index contributed by atoms with van der Waals surface area (Å²) in [5, 5.41) is 8.13. The van der Waals surface area contributed by atoms with Gasteiger partial charge in [-0.15, -0.1) is 11.8 Å². The summed E-state index contributed by atoms with van der Waals surface area (Å²) < 4.78 is 19.7. The van der Waals surface area contributed by atoms with Gasteiger partial charge < -0.3 is 19.5 Å². The number of fused-ring (bicyclic) bond motifs is 3. The Bertz CT molecular complexity index is 1430. The summed E-state index contributed by atoms with van der Waals surface area (Å²) in [6.07, 6.45) is 3.33. The number of benzene rings is 3. The molecule has 0 amide bonds. The van der Waals surface area contributed by atoms with Gasteiger partial charge in [0.05, 0.1) is 19.9 Å². The minimum atomic E-state index is -0.321. The molecule has 1 N–H and O–H groups in total. The molecule has 6 rings (SSSR count).